The SMILES string of the molecule is O=CNC(CC(=O)c1ccc(Br)cc1)C(=O)O. The van der Waals surface area contributed by atoms with Crippen molar-refractivity contribution in [1.29, 1.82) is 0 Å². The third-order valence-corrected chi connectivity index (χ3v) is 2.65. The Balaban J connectivity index is 2.73. The number of carbonyl (C=O) groups is 3. The maximum Gasteiger partial charge on any atom is 0.326 e. The fraction of sp³-hybridized carbons (Fsp3) is 0.182. The minimum Gasteiger partial charge on any atom is -0.480 e. The van der Waals surface area contributed by atoms with Crippen LogP contribution in [0.5, 0.6) is 0 Å². The minimum atomic E-state index is -1.23. The number of ketones is 1. The van der Waals surface area contributed by atoms with Crippen molar-refractivity contribution in [3.63, 3.8) is 0 Å². The van der Waals surface area contributed by atoms with Gasteiger partial charge in [0.1, 0.15) is 6.04 Å². The van der Waals surface area contributed by atoms with E-state index in [0.29, 0.717) is 5.56 Å². The maximum absolute atomic E-state index is 11.7. The zero-order valence-corrected chi connectivity index (χ0v) is 10.3. The van der Waals surface area contributed by atoms with E-state index in [0.717, 1.165) is 4.47 Å². The third kappa shape index (κ3) is 3.99. The lowest BCUT2D eigenvalue weighted by Crippen LogP contribution is -2.37. The van der Waals surface area contributed by atoms with Crippen molar-refractivity contribution in [1.82, 2.24) is 5.32 Å². The summed E-state index contributed by atoms with van der Waals surface area (Å²) in [6, 6.07) is 5.37. The summed E-state index contributed by atoms with van der Waals surface area (Å²) in [7, 11) is 0. The third-order valence-electron chi connectivity index (χ3n) is 2.12. The number of amides is 1. The largest absolute Gasteiger partial charge is 0.480 e. The van der Waals surface area contributed by atoms with Crippen LogP contribution < -0.4 is 5.32 Å². The van der Waals surface area contributed by atoms with Crippen molar-refractivity contribution in [3.8, 4) is 0 Å². The van der Waals surface area contributed by atoms with Crippen LogP contribution in [0.3, 0.4) is 0 Å². The first-order chi connectivity index (χ1) is 8.04. The number of hydrogen-bond acceptors (Lipinski definition) is 3. The Hall–Kier alpha value is -1.69. The molecule has 0 aromatic heterocycles. The average Bonchev–Trinajstić information content (AvgIpc) is 2.29. The van der Waals surface area contributed by atoms with Crippen LogP contribution in [0.15, 0.2) is 28.7 Å². The van der Waals surface area contributed by atoms with Gasteiger partial charge in [0.15, 0.2) is 5.78 Å². The molecule has 17 heavy (non-hydrogen) atoms. The van der Waals surface area contributed by atoms with Crippen molar-refractivity contribution in [2.75, 3.05) is 0 Å². The van der Waals surface area contributed by atoms with Gasteiger partial charge in [-0.3, -0.25) is 9.59 Å². The molecule has 0 aliphatic carbocycles. The number of rotatable bonds is 6. The Bertz CT molecular complexity index is 430. The highest BCUT2D eigenvalue weighted by Crippen LogP contribution is 2.12. The highest BCUT2D eigenvalue weighted by atomic mass is 79.9. The van der Waals surface area contributed by atoms with Crippen LogP contribution in [-0.4, -0.2) is 29.3 Å². The summed E-state index contributed by atoms with van der Waals surface area (Å²) < 4.78 is 0.829. The normalized spacial score (nSPS) is 11.6. The number of carboxylic acids is 1. The monoisotopic (exact) mass is 299 g/mol. The van der Waals surface area contributed by atoms with Gasteiger partial charge in [-0.15, -0.1) is 0 Å². The summed E-state index contributed by atoms with van der Waals surface area (Å²) >= 11 is 3.23. The van der Waals surface area contributed by atoms with Gasteiger partial charge in [-0.05, 0) is 12.1 Å². The molecule has 1 aromatic rings. The minimum absolute atomic E-state index is 0.268. The van der Waals surface area contributed by atoms with E-state index < -0.39 is 12.0 Å². The van der Waals surface area contributed by atoms with Gasteiger partial charge in [0, 0.05) is 16.5 Å². The molecule has 1 aromatic carbocycles. The van der Waals surface area contributed by atoms with Gasteiger partial charge in [-0.2, -0.15) is 0 Å². The fourth-order valence-corrected chi connectivity index (χ4v) is 1.50. The molecule has 5 nitrogen and oxygen atoms in total. The number of halogens is 1. The van der Waals surface area contributed by atoms with Gasteiger partial charge in [0.05, 0.1) is 0 Å². The lowest BCUT2D eigenvalue weighted by Gasteiger charge is -2.09. The molecule has 0 saturated heterocycles. The molecular formula is C11H10BrNO4. The first-order valence-electron chi connectivity index (χ1n) is 4.76. The molecule has 1 rings (SSSR count). The summed E-state index contributed by atoms with van der Waals surface area (Å²) in [6.07, 6.45) is 0.00333. The van der Waals surface area contributed by atoms with Gasteiger partial charge in [-0.1, -0.05) is 28.1 Å². The predicted octanol–water partition coefficient (Wildman–Crippen LogP) is 1.22. The van der Waals surface area contributed by atoms with Crippen LogP contribution in [0.4, 0.5) is 0 Å². The van der Waals surface area contributed by atoms with Crippen LogP contribution in [0.25, 0.3) is 0 Å². The number of carboxylic acid groups (broad SMARTS) is 1. The topological polar surface area (TPSA) is 83.5 Å². The lowest BCUT2D eigenvalue weighted by atomic mass is 10.0. The molecule has 0 aliphatic heterocycles. The molecule has 6 heteroatoms. The van der Waals surface area contributed by atoms with E-state index in [2.05, 4.69) is 21.2 Å². The second-order valence-corrected chi connectivity index (χ2v) is 4.23. The number of Topliss-reactive ketones (excluding diaryl/α,β-unsaturated/α-hetero) is 1. The van der Waals surface area contributed by atoms with Gasteiger partial charge < -0.3 is 10.4 Å². The van der Waals surface area contributed by atoms with E-state index in [-0.39, 0.29) is 18.6 Å². The van der Waals surface area contributed by atoms with E-state index in [1.54, 1.807) is 24.3 Å². The van der Waals surface area contributed by atoms with E-state index in [1.807, 2.05) is 0 Å². The van der Waals surface area contributed by atoms with Crippen LogP contribution in [0, 0.1) is 0 Å². The Morgan fingerprint density at radius 1 is 1.35 bits per heavy atom. The molecule has 0 bridgehead atoms. The average molecular weight is 300 g/mol. The Morgan fingerprint density at radius 3 is 2.41 bits per heavy atom. The Morgan fingerprint density at radius 2 is 1.94 bits per heavy atom. The Labute approximate surface area is 106 Å². The number of benzene rings is 1. The van der Waals surface area contributed by atoms with Crippen molar-refractivity contribution in [3.05, 3.63) is 34.3 Å². The molecule has 0 fully saturated rings. The van der Waals surface area contributed by atoms with Crippen molar-refractivity contribution in [2.24, 2.45) is 0 Å². The van der Waals surface area contributed by atoms with Crippen molar-refractivity contribution >= 4 is 34.1 Å². The van der Waals surface area contributed by atoms with Gasteiger partial charge >= 0.3 is 5.97 Å². The molecule has 1 unspecified atom stereocenters. The van der Waals surface area contributed by atoms with Crippen molar-refractivity contribution in [2.45, 2.75) is 12.5 Å². The molecule has 90 valence electrons. The van der Waals surface area contributed by atoms with E-state index in [1.165, 1.54) is 0 Å². The second-order valence-electron chi connectivity index (χ2n) is 3.31. The molecule has 0 heterocycles. The smallest absolute Gasteiger partial charge is 0.326 e. The lowest BCUT2D eigenvalue weighted by molar-refractivity contribution is -0.140. The second kappa shape index (κ2) is 6.15. The number of hydrogen-bond donors (Lipinski definition) is 2. The molecule has 0 spiro atoms. The number of nitrogens with one attached hydrogen (secondary N) is 1. The van der Waals surface area contributed by atoms with E-state index in [9.17, 15) is 14.4 Å². The van der Waals surface area contributed by atoms with Crippen LogP contribution >= 0.6 is 15.9 Å². The van der Waals surface area contributed by atoms with Crippen LogP contribution in [0.1, 0.15) is 16.8 Å². The summed E-state index contributed by atoms with van der Waals surface area (Å²) in [5.74, 6) is -1.57. The number of carbonyl (C=O) groups excluding carboxylic acids is 2. The standard InChI is InChI=1S/C11H10BrNO4/c12-8-3-1-7(2-4-8)10(15)5-9(11(16)17)13-6-14/h1-4,6,9H,5H2,(H,13,14)(H,16,17). The van der Waals surface area contributed by atoms with Crippen LogP contribution in [0.2, 0.25) is 0 Å². The quantitative estimate of drug-likeness (QED) is 0.611. The van der Waals surface area contributed by atoms with Crippen LogP contribution in [-0.2, 0) is 9.59 Å². The zero-order valence-electron chi connectivity index (χ0n) is 8.72. The zero-order chi connectivity index (χ0) is 12.8. The molecule has 2 N–H and O–H groups in total. The summed E-state index contributed by atoms with van der Waals surface area (Å²) in [4.78, 5) is 32.6. The molecule has 0 aliphatic rings. The molecule has 1 atom stereocenters. The molecule has 1 amide bonds. The summed E-state index contributed by atoms with van der Waals surface area (Å²) in [5, 5.41) is 10.8. The van der Waals surface area contributed by atoms with Gasteiger partial charge in [0.2, 0.25) is 6.41 Å². The molecule has 0 saturated carbocycles. The first-order valence-corrected chi connectivity index (χ1v) is 5.55. The highest BCUT2D eigenvalue weighted by molar-refractivity contribution is 9.10. The van der Waals surface area contributed by atoms with Gasteiger partial charge in [-0.25, -0.2) is 4.79 Å². The maximum atomic E-state index is 11.7. The molecular weight excluding hydrogens is 290 g/mol. The van der Waals surface area contributed by atoms with E-state index >= 15 is 0 Å². The van der Waals surface area contributed by atoms with Crippen molar-refractivity contribution < 1.29 is 19.5 Å². The first kappa shape index (κ1) is 13.4. The highest BCUT2D eigenvalue weighted by Gasteiger charge is 2.20. The predicted molar refractivity (Wildman–Crippen MR) is 63.7 cm³/mol. The Kier molecular flexibility index (Phi) is 4.84. The van der Waals surface area contributed by atoms with E-state index in [4.69, 9.17) is 5.11 Å². The summed E-state index contributed by atoms with van der Waals surface area (Å²) in [5.41, 5.74) is 0.409. The fourth-order valence-electron chi connectivity index (χ4n) is 1.24. The number of aliphatic carboxylic acids is 1. The van der Waals surface area contributed by atoms with Gasteiger partial charge in [0.25, 0.3) is 0 Å². The molecule has 0 radical (unpaired) electrons. The summed E-state index contributed by atoms with van der Waals surface area (Å²) in [6.45, 7) is 0.